The van der Waals surface area contributed by atoms with Crippen LogP contribution in [0.15, 0.2) is 0 Å². The minimum atomic E-state index is -2.78. The predicted octanol–water partition coefficient (Wildman–Crippen LogP) is 2.65. The van der Waals surface area contributed by atoms with Crippen LogP contribution >= 0.6 is 0 Å². The predicted molar refractivity (Wildman–Crippen MR) is 39.7 cm³/mol. The SMILES string of the molecule is CCCC(C)CC(=O)C(F)F. The van der Waals surface area contributed by atoms with Crippen LogP contribution in [0.25, 0.3) is 0 Å². The Morgan fingerprint density at radius 3 is 2.36 bits per heavy atom. The van der Waals surface area contributed by atoms with Crippen LogP contribution in [0.1, 0.15) is 33.1 Å². The van der Waals surface area contributed by atoms with Gasteiger partial charge in [-0.25, -0.2) is 8.78 Å². The Hall–Kier alpha value is -0.470. The Morgan fingerprint density at radius 1 is 1.45 bits per heavy atom. The van der Waals surface area contributed by atoms with Gasteiger partial charge in [-0.3, -0.25) is 4.79 Å². The lowest BCUT2D eigenvalue weighted by molar-refractivity contribution is -0.130. The minimum absolute atomic E-state index is 0.0194. The van der Waals surface area contributed by atoms with E-state index in [1.807, 2.05) is 13.8 Å². The zero-order chi connectivity index (χ0) is 8.85. The van der Waals surface area contributed by atoms with Gasteiger partial charge in [-0.15, -0.1) is 0 Å². The van der Waals surface area contributed by atoms with Gasteiger partial charge in [-0.05, 0) is 5.92 Å². The van der Waals surface area contributed by atoms with Crippen LogP contribution in [0.4, 0.5) is 8.78 Å². The van der Waals surface area contributed by atoms with E-state index in [1.54, 1.807) is 0 Å². The summed E-state index contributed by atoms with van der Waals surface area (Å²) < 4.78 is 23.4. The highest BCUT2D eigenvalue weighted by Crippen LogP contribution is 2.12. The molecule has 0 aliphatic carbocycles. The topological polar surface area (TPSA) is 17.1 Å². The Bertz CT molecular complexity index is 123. The minimum Gasteiger partial charge on any atom is -0.293 e. The first-order valence-electron chi connectivity index (χ1n) is 3.88. The Kier molecular flexibility index (Phi) is 4.99. The molecule has 66 valence electrons. The number of halogens is 2. The molecule has 1 nitrogen and oxygen atoms in total. The van der Waals surface area contributed by atoms with E-state index in [4.69, 9.17) is 0 Å². The first kappa shape index (κ1) is 10.5. The molecule has 0 aliphatic rings. The van der Waals surface area contributed by atoms with Crippen LogP contribution in [0.2, 0.25) is 0 Å². The van der Waals surface area contributed by atoms with E-state index in [-0.39, 0.29) is 12.3 Å². The van der Waals surface area contributed by atoms with Crippen LogP contribution in [0.5, 0.6) is 0 Å². The summed E-state index contributed by atoms with van der Waals surface area (Å²) in [5.74, 6) is -0.826. The van der Waals surface area contributed by atoms with E-state index >= 15 is 0 Å². The second-order valence-corrected chi connectivity index (χ2v) is 2.86. The van der Waals surface area contributed by atoms with E-state index in [0.717, 1.165) is 12.8 Å². The normalized spacial score (nSPS) is 13.5. The number of Topliss-reactive ketones (excluding diaryl/α,β-unsaturated/α-hetero) is 1. The summed E-state index contributed by atoms with van der Waals surface area (Å²) in [7, 11) is 0. The fourth-order valence-corrected chi connectivity index (χ4v) is 1.03. The first-order chi connectivity index (χ1) is 5.07. The second kappa shape index (κ2) is 5.22. The largest absolute Gasteiger partial charge is 0.295 e. The maximum absolute atomic E-state index is 11.7. The average molecular weight is 164 g/mol. The number of alkyl halides is 2. The van der Waals surface area contributed by atoms with Crippen molar-refractivity contribution < 1.29 is 13.6 Å². The van der Waals surface area contributed by atoms with E-state index < -0.39 is 12.2 Å². The molecule has 3 heteroatoms. The molecule has 0 radical (unpaired) electrons. The van der Waals surface area contributed by atoms with E-state index in [1.165, 1.54) is 0 Å². The summed E-state index contributed by atoms with van der Waals surface area (Å²) >= 11 is 0. The molecule has 0 aromatic carbocycles. The van der Waals surface area contributed by atoms with E-state index in [2.05, 4.69) is 0 Å². The van der Waals surface area contributed by atoms with Crippen LogP contribution in [-0.2, 0) is 4.79 Å². The molecule has 0 aromatic rings. The monoisotopic (exact) mass is 164 g/mol. The third-order valence-corrected chi connectivity index (χ3v) is 1.57. The quantitative estimate of drug-likeness (QED) is 0.610. The zero-order valence-corrected chi connectivity index (χ0v) is 6.94. The van der Waals surface area contributed by atoms with Crippen molar-refractivity contribution in [1.82, 2.24) is 0 Å². The summed E-state index contributed by atoms with van der Waals surface area (Å²) in [5, 5.41) is 0. The molecular formula is C8H14F2O. The van der Waals surface area contributed by atoms with Crippen molar-refractivity contribution in [1.29, 1.82) is 0 Å². The van der Waals surface area contributed by atoms with Crippen LogP contribution < -0.4 is 0 Å². The number of hydrogen-bond acceptors (Lipinski definition) is 1. The van der Waals surface area contributed by atoms with Gasteiger partial charge in [0.1, 0.15) is 0 Å². The fraction of sp³-hybridized carbons (Fsp3) is 0.875. The number of ketones is 1. The Balaban J connectivity index is 3.57. The molecule has 0 saturated carbocycles. The third kappa shape index (κ3) is 4.87. The summed E-state index contributed by atoms with van der Waals surface area (Å²) in [6.07, 6.45) is -0.976. The lowest BCUT2D eigenvalue weighted by Crippen LogP contribution is -2.13. The second-order valence-electron chi connectivity index (χ2n) is 2.86. The zero-order valence-electron chi connectivity index (χ0n) is 6.94. The number of carbonyl (C=O) groups excluding carboxylic acids is 1. The third-order valence-electron chi connectivity index (χ3n) is 1.57. The highest BCUT2D eigenvalue weighted by Gasteiger charge is 2.17. The van der Waals surface area contributed by atoms with Gasteiger partial charge in [0, 0.05) is 6.42 Å². The molecule has 0 amide bonds. The summed E-state index contributed by atoms with van der Waals surface area (Å²) in [6, 6.07) is 0. The van der Waals surface area contributed by atoms with Gasteiger partial charge in [-0.1, -0.05) is 26.7 Å². The van der Waals surface area contributed by atoms with Crippen LogP contribution in [0.3, 0.4) is 0 Å². The molecule has 1 unspecified atom stereocenters. The molecule has 0 rings (SSSR count). The maximum Gasteiger partial charge on any atom is 0.295 e. The van der Waals surface area contributed by atoms with Gasteiger partial charge in [-0.2, -0.15) is 0 Å². The molecule has 1 atom stereocenters. The lowest BCUT2D eigenvalue weighted by atomic mass is 10.00. The molecular weight excluding hydrogens is 150 g/mol. The van der Waals surface area contributed by atoms with Crippen molar-refractivity contribution in [2.45, 2.75) is 39.5 Å². The van der Waals surface area contributed by atoms with Gasteiger partial charge in [0.25, 0.3) is 6.43 Å². The smallest absolute Gasteiger partial charge is 0.293 e. The number of carbonyl (C=O) groups is 1. The van der Waals surface area contributed by atoms with Crippen molar-refractivity contribution in [3.8, 4) is 0 Å². The highest BCUT2D eigenvalue weighted by atomic mass is 19.3. The van der Waals surface area contributed by atoms with Crippen molar-refractivity contribution in [3.63, 3.8) is 0 Å². The summed E-state index contributed by atoms with van der Waals surface area (Å²) in [6.45, 7) is 3.80. The van der Waals surface area contributed by atoms with Gasteiger partial charge < -0.3 is 0 Å². The Labute approximate surface area is 65.8 Å². The number of hydrogen-bond donors (Lipinski definition) is 0. The molecule has 0 spiro atoms. The molecule has 0 aromatic heterocycles. The Morgan fingerprint density at radius 2 is 2.00 bits per heavy atom. The van der Waals surface area contributed by atoms with Crippen molar-refractivity contribution in [2.75, 3.05) is 0 Å². The molecule has 11 heavy (non-hydrogen) atoms. The van der Waals surface area contributed by atoms with E-state index in [9.17, 15) is 13.6 Å². The molecule has 0 bridgehead atoms. The average Bonchev–Trinajstić information content (AvgIpc) is 1.87. The highest BCUT2D eigenvalue weighted by molar-refractivity contribution is 5.81. The first-order valence-corrected chi connectivity index (χ1v) is 3.88. The standard InChI is InChI=1S/C8H14F2O/c1-3-4-6(2)5-7(11)8(9)10/h6,8H,3-5H2,1-2H3. The van der Waals surface area contributed by atoms with Crippen molar-refractivity contribution in [2.24, 2.45) is 5.92 Å². The summed E-state index contributed by atoms with van der Waals surface area (Å²) in [5.41, 5.74) is 0. The van der Waals surface area contributed by atoms with E-state index in [0.29, 0.717) is 0 Å². The maximum atomic E-state index is 11.7. The van der Waals surface area contributed by atoms with Gasteiger partial charge in [0.15, 0.2) is 5.78 Å². The van der Waals surface area contributed by atoms with Gasteiger partial charge in [0.05, 0.1) is 0 Å². The molecule has 0 N–H and O–H groups in total. The lowest BCUT2D eigenvalue weighted by Gasteiger charge is -2.07. The molecule has 0 saturated heterocycles. The summed E-state index contributed by atoms with van der Waals surface area (Å²) in [4.78, 5) is 10.5. The molecule has 0 heterocycles. The van der Waals surface area contributed by atoms with Gasteiger partial charge in [0.2, 0.25) is 0 Å². The molecule has 0 aliphatic heterocycles. The fourth-order valence-electron chi connectivity index (χ4n) is 1.03. The van der Waals surface area contributed by atoms with Crippen LogP contribution in [-0.4, -0.2) is 12.2 Å². The van der Waals surface area contributed by atoms with Crippen molar-refractivity contribution >= 4 is 5.78 Å². The molecule has 0 fully saturated rings. The van der Waals surface area contributed by atoms with Gasteiger partial charge >= 0.3 is 0 Å². The van der Waals surface area contributed by atoms with Crippen molar-refractivity contribution in [3.05, 3.63) is 0 Å². The van der Waals surface area contributed by atoms with Crippen LogP contribution in [0, 0.1) is 5.92 Å². The number of rotatable bonds is 5.